The van der Waals surface area contributed by atoms with Gasteiger partial charge in [0.2, 0.25) is 0 Å². The lowest BCUT2D eigenvalue weighted by molar-refractivity contribution is -0.122. The molecule has 7 heteroatoms. The molecule has 0 spiro atoms. The van der Waals surface area contributed by atoms with Crippen LogP contribution in [0, 0.1) is 0 Å². The van der Waals surface area contributed by atoms with Crippen LogP contribution in [0.4, 0.5) is 0 Å². The average Bonchev–Trinajstić information content (AvgIpc) is 3.08. The minimum atomic E-state index is -0.146. The number of aromatic nitrogens is 4. The van der Waals surface area contributed by atoms with Gasteiger partial charge in [-0.1, -0.05) is 18.2 Å². The SMILES string of the molecule is O=C(COc1ccc(Oc2ccccc2)cc1)Cn1ncnn1. The van der Waals surface area contributed by atoms with Crippen molar-refractivity contribution in [1.29, 1.82) is 0 Å². The van der Waals surface area contributed by atoms with Gasteiger partial charge in [-0.15, -0.1) is 10.2 Å². The number of ketones is 1. The van der Waals surface area contributed by atoms with Crippen molar-refractivity contribution in [2.75, 3.05) is 6.61 Å². The fourth-order valence-electron chi connectivity index (χ4n) is 1.86. The normalized spacial score (nSPS) is 10.3. The van der Waals surface area contributed by atoms with E-state index in [4.69, 9.17) is 9.47 Å². The Hall–Kier alpha value is -3.22. The van der Waals surface area contributed by atoms with Crippen molar-refractivity contribution in [3.8, 4) is 17.2 Å². The molecule has 0 atom stereocenters. The van der Waals surface area contributed by atoms with Gasteiger partial charge < -0.3 is 9.47 Å². The molecule has 7 nitrogen and oxygen atoms in total. The number of hydrogen-bond donors (Lipinski definition) is 0. The van der Waals surface area contributed by atoms with Crippen LogP contribution in [-0.4, -0.2) is 32.6 Å². The van der Waals surface area contributed by atoms with E-state index in [1.54, 1.807) is 24.3 Å². The van der Waals surface area contributed by atoms with E-state index in [1.807, 2.05) is 30.3 Å². The maximum Gasteiger partial charge on any atom is 0.193 e. The van der Waals surface area contributed by atoms with Gasteiger partial charge in [0, 0.05) is 0 Å². The first-order chi connectivity index (χ1) is 11.3. The molecule has 3 rings (SSSR count). The monoisotopic (exact) mass is 310 g/mol. The average molecular weight is 310 g/mol. The van der Waals surface area contributed by atoms with E-state index in [2.05, 4.69) is 15.4 Å². The maximum atomic E-state index is 11.7. The lowest BCUT2D eigenvalue weighted by Crippen LogP contribution is -2.19. The van der Waals surface area contributed by atoms with Gasteiger partial charge in [0.1, 0.15) is 30.4 Å². The van der Waals surface area contributed by atoms with E-state index < -0.39 is 0 Å². The van der Waals surface area contributed by atoms with Crippen LogP contribution >= 0.6 is 0 Å². The summed E-state index contributed by atoms with van der Waals surface area (Å²) in [6.07, 6.45) is 1.28. The Morgan fingerprint density at radius 3 is 2.35 bits per heavy atom. The third kappa shape index (κ3) is 4.37. The second-order valence-electron chi connectivity index (χ2n) is 4.68. The smallest absolute Gasteiger partial charge is 0.193 e. The molecule has 3 aromatic rings. The lowest BCUT2D eigenvalue weighted by Gasteiger charge is -2.08. The van der Waals surface area contributed by atoms with Crippen molar-refractivity contribution < 1.29 is 14.3 Å². The Morgan fingerprint density at radius 2 is 1.65 bits per heavy atom. The molecule has 0 N–H and O–H groups in total. The summed E-state index contributed by atoms with van der Waals surface area (Å²) in [4.78, 5) is 12.9. The van der Waals surface area contributed by atoms with Gasteiger partial charge in [0.05, 0.1) is 0 Å². The number of carbonyl (C=O) groups excluding carboxylic acids is 1. The van der Waals surface area contributed by atoms with Gasteiger partial charge >= 0.3 is 0 Å². The minimum Gasteiger partial charge on any atom is -0.486 e. The fourth-order valence-corrected chi connectivity index (χ4v) is 1.86. The summed E-state index contributed by atoms with van der Waals surface area (Å²) >= 11 is 0. The second-order valence-corrected chi connectivity index (χ2v) is 4.68. The molecule has 0 saturated carbocycles. The highest BCUT2D eigenvalue weighted by Crippen LogP contribution is 2.23. The molecular weight excluding hydrogens is 296 g/mol. The van der Waals surface area contributed by atoms with Crippen molar-refractivity contribution in [1.82, 2.24) is 20.2 Å². The number of nitrogens with zero attached hydrogens (tertiary/aromatic N) is 4. The van der Waals surface area contributed by atoms with E-state index in [-0.39, 0.29) is 18.9 Å². The Morgan fingerprint density at radius 1 is 0.957 bits per heavy atom. The molecule has 0 fully saturated rings. The summed E-state index contributed by atoms with van der Waals surface area (Å²) in [6.45, 7) is -0.0182. The van der Waals surface area contributed by atoms with Crippen LogP contribution in [0.2, 0.25) is 0 Å². The number of hydrogen-bond acceptors (Lipinski definition) is 6. The zero-order chi connectivity index (χ0) is 15.9. The van der Waals surface area contributed by atoms with Crippen LogP contribution in [-0.2, 0) is 11.3 Å². The zero-order valence-electron chi connectivity index (χ0n) is 12.2. The second kappa shape index (κ2) is 7.17. The summed E-state index contributed by atoms with van der Waals surface area (Å²) in [7, 11) is 0. The number of Topliss-reactive ketones (excluding diaryl/α,β-unsaturated/α-hetero) is 1. The molecule has 1 heterocycles. The van der Waals surface area contributed by atoms with E-state index in [1.165, 1.54) is 11.1 Å². The van der Waals surface area contributed by atoms with Crippen LogP contribution in [0.15, 0.2) is 60.9 Å². The van der Waals surface area contributed by atoms with E-state index in [0.717, 1.165) is 5.75 Å². The molecule has 1 aromatic heterocycles. The van der Waals surface area contributed by atoms with Crippen LogP contribution in [0.1, 0.15) is 0 Å². The number of tetrazole rings is 1. The van der Waals surface area contributed by atoms with Gasteiger partial charge in [-0.2, -0.15) is 4.80 Å². The third-order valence-electron chi connectivity index (χ3n) is 2.91. The molecule has 0 aliphatic rings. The molecule has 0 unspecified atom stereocenters. The third-order valence-corrected chi connectivity index (χ3v) is 2.91. The summed E-state index contributed by atoms with van der Waals surface area (Å²) in [5.41, 5.74) is 0. The number of para-hydroxylation sites is 1. The van der Waals surface area contributed by atoms with Gasteiger partial charge in [0.25, 0.3) is 0 Å². The van der Waals surface area contributed by atoms with E-state index >= 15 is 0 Å². The zero-order valence-corrected chi connectivity index (χ0v) is 12.2. The molecule has 0 aliphatic heterocycles. The standard InChI is InChI=1S/C16H14N4O3/c21-13(10-20-18-12-17-19-20)11-22-14-6-8-16(9-7-14)23-15-4-2-1-3-5-15/h1-9,12H,10-11H2. The first kappa shape index (κ1) is 14.7. The Labute approximate surface area is 132 Å². The lowest BCUT2D eigenvalue weighted by atomic mass is 10.3. The highest BCUT2D eigenvalue weighted by molar-refractivity contribution is 5.79. The van der Waals surface area contributed by atoms with E-state index in [9.17, 15) is 4.79 Å². The first-order valence-electron chi connectivity index (χ1n) is 6.98. The van der Waals surface area contributed by atoms with Gasteiger partial charge in [-0.25, -0.2) is 0 Å². The molecule has 23 heavy (non-hydrogen) atoms. The molecule has 116 valence electrons. The summed E-state index contributed by atoms with van der Waals surface area (Å²) in [5.74, 6) is 1.90. The highest BCUT2D eigenvalue weighted by atomic mass is 16.5. The number of ether oxygens (including phenoxy) is 2. The summed E-state index contributed by atoms with van der Waals surface area (Å²) in [6, 6.07) is 16.6. The van der Waals surface area contributed by atoms with Gasteiger partial charge in [-0.3, -0.25) is 4.79 Å². The van der Waals surface area contributed by atoms with Crippen LogP contribution in [0.25, 0.3) is 0 Å². The topological polar surface area (TPSA) is 79.1 Å². The molecule has 0 radical (unpaired) electrons. The highest BCUT2D eigenvalue weighted by Gasteiger charge is 2.06. The molecule has 0 saturated heterocycles. The van der Waals surface area contributed by atoms with Crippen molar-refractivity contribution in [2.24, 2.45) is 0 Å². The maximum absolute atomic E-state index is 11.7. The first-order valence-corrected chi connectivity index (χ1v) is 6.98. The Balaban J connectivity index is 1.50. The van der Waals surface area contributed by atoms with Crippen LogP contribution < -0.4 is 9.47 Å². The van der Waals surface area contributed by atoms with Crippen molar-refractivity contribution in [3.05, 3.63) is 60.9 Å². The van der Waals surface area contributed by atoms with Gasteiger partial charge in [0.15, 0.2) is 12.1 Å². The van der Waals surface area contributed by atoms with Crippen molar-refractivity contribution >= 4 is 5.78 Å². The molecule has 0 amide bonds. The van der Waals surface area contributed by atoms with Crippen molar-refractivity contribution in [3.63, 3.8) is 0 Å². The molecular formula is C16H14N4O3. The predicted octanol–water partition coefficient (Wildman–Crippen LogP) is 2.11. The number of benzene rings is 2. The molecule has 2 aromatic carbocycles. The molecule has 0 bridgehead atoms. The summed E-state index contributed by atoms with van der Waals surface area (Å²) < 4.78 is 11.1. The van der Waals surface area contributed by atoms with Crippen LogP contribution in [0.5, 0.6) is 17.2 Å². The Kier molecular flexibility index (Phi) is 4.58. The quantitative estimate of drug-likeness (QED) is 0.665. The van der Waals surface area contributed by atoms with Gasteiger partial charge in [-0.05, 0) is 41.6 Å². The largest absolute Gasteiger partial charge is 0.486 e. The summed E-state index contributed by atoms with van der Waals surface area (Å²) in [5, 5.41) is 10.9. The minimum absolute atomic E-state index is 0.0369. The van der Waals surface area contributed by atoms with Crippen LogP contribution in [0.3, 0.4) is 0 Å². The Bertz CT molecular complexity index is 743. The molecule has 0 aliphatic carbocycles. The number of rotatable bonds is 7. The number of carbonyl (C=O) groups is 1. The predicted molar refractivity (Wildman–Crippen MR) is 81.3 cm³/mol. The fraction of sp³-hybridized carbons (Fsp3) is 0.125. The van der Waals surface area contributed by atoms with E-state index in [0.29, 0.717) is 11.5 Å². The van der Waals surface area contributed by atoms with Crippen molar-refractivity contribution in [2.45, 2.75) is 6.54 Å².